The number of benzene rings is 1. The third-order valence-corrected chi connectivity index (χ3v) is 2.87. The number of hydrogen-bond acceptors (Lipinski definition) is 5. The summed E-state index contributed by atoms with van der Waals surface area (Å²) in [6.07, 6.45) is 0.131. The first kappa shape index (κ1) is 17.6. The highest BCUT2D eigenvalue weighted by Gasteiger charge is 2.21. The lowest BCUT2D eigenvalue weighted by Crippen LogP contribution is -2.49. The van der Waals surface area contributed by atoms with Crippen molar-refractivity contribution < 1.29 is 24.6 Å². The Morgan fingerprint density at radius 3 is 2.36 bits per heavy atom. The second-order valence-corrected chi connectivity index (χ2v) is 4.65. The minimum atomic E-state index is -1.17. The molecule has 0 saturated carbocycles. The van der Waals surface area contributed by atoms with E-state index in [1.54, 1.807) is 30.3 Å². The number of aliphatic hydroxyl groups is 1. The number of nitrogens with two attached hydrogens (primary N) is 1. The highest BCUT2D eigenvalue weighted by molar-refractivity contribution is 5.89. The van der Waals surface area contributed by atoms with Crippen molar-refractivity contribution in [3.8, 4) is 0 Å². The van der Waals surface area contributed by atoms with Crippen molar-refractivity contribution in [2.45, 2.75) is 18.5 Å². The third kappa shape index (κ3) is 5.90. The average molecular weight is 309 g/mol. The number of hydrogen-bond donors (Lipinski definition) is 5. The molecule has 0 aliphatic carbocycles. The number of aliphatic hydroxyl groups excluding tert-OH is 1. The van der Waals surface area contributed by atoms with Crippen LogP contribution in [-0.2, 0) is 20.8 Å². The second kappa shape index (κ2) is 8.75. The molecule has 0 spiro atoms. The molecule has 2 atom stereocenters. The van der Waals surface area contributed by atoms with Crippen molar-refractivity contribution in [1.82, 2.24) is 10.6 Å². The molecule has 6 N–H and O–H groups in total. The number of carboxylic acid groups (broad SMARTS) is 1. The van der Waals surface area contributed by atoms with Gasteiger partial charge in [-0.1, -0.05) is 30.3 Å². The number of rotatable bonds is 8. The largest absolute Gasteiger partial charge is 0.480 e. The number of nitrogens with one attached hydrogen (secondary N) is 2. The van der Waals surface area contributed by atoms with Crippen molar-refractivity contribution in [3.63, 3.8) is 0 Å². The van der Waals surface area contributed by atoms with E-state index in [9.17, 15) is 14.4 Å². The first-order chi connectivity index (χ1) is 10.4. The molecule has 1 aromatic rings. The van der Waals surface area contributed by atoms with Crippen LogP contribution in [-0.4, -0.2) is 53.2 Å². The Kier molecular flexibility index (Phi) is 7.00. The van der Waals surface area contributed by atoms with E-state index >= 15 is 0 Å². The SMILES string of the molecule is NC(CO)C(=O)NCC(=O)NC(Cc1ccccc1)C(=O)O. The lowest BCUT2D eigenvalue weighted by atomic mass is 10.1. The van der Waals surface area contributed by atoms with Crippen LogP contribution in [0.2, 0.25) is 0 Å². The molecule has 8 nitrogen and oxygen atoms in total. The van der Waals surface area contributed by atoms with Gasteiger partial charge in [-0.2, -0.15) is 0 Å². The van der Waals surface area contributed by atoms with E-state index < -0.39 is 43.0 Å². The van der Waals surface area contributed by atoms with Crippen molar-refractivity contribution in [3.05, 3.63) is 35.9 Å². The molecule has 2 unspecified atom stereocenters. The molecule has 0 saturated heterocycles. The highest BCUT2D eigenvalue weighted by atomic mass is 16.4. The predicted octanol–water partition coefficient (Wildman–Crippen LogP) is -1.77. The molecule has 0 fully saturated rings. The van der Waals surface area contributed by atoms with Gasteiger partial charge in [0.2, 0.25) is 11.8 Å². The summed E-state index contributed by atoms with van der Waals surface area (Å²) >= 11 is 0. The number of aliphatic carboxylic acids is 1. The number of carbonyl (C=O) groups excluding carboxylic acids is 2. The maximum Gasteiger partial charge on any atom is 0.326 e. The molecule has 1 aromatic carbocycles. The zero-order valence-corrected chi connectivity index (χ0v) is 11.9. The summed E-state index contributed by atoms with van der Waals surface area (Å²) in [5, 5.41) is 22.4. The Morgan fingerprint density at radius 2 is 1.82 bits per heavy atom. The van der Waals surface area contributed by atoms with Crippen LogP contribution in [0.15, 0.2) is 30.3 Å². The van der Waals surface area contributed by atoms with E-state index in [-0.39, 0.29) is 6.42 Å². The highest BCUT2D eigenvalue weighted by Crippen LogP contribution is 2.03. The molecule has 22 heavy (non-hydrogen) atoms. The monoisotopic (exact) mass is 309 g/mol. The van der Waals surface area contributed by atoms with Gasteiger partial charge in [-0.25, -0.2) is 4.79 Å². The molecule has 0 radical (unpaired) electrons. The molecule has 2 amide bonds. The number of carboxylic acids is 1. The zero-order chi connectivity index (χ0) is 16.5. The fourth-order valence-electron chi connectivity index (χ4n) is 1.68. The Morgan fingerprint density at radius 1 is 1.18 bits per heavy atom. The van der Waals surface area contributed by atoms with E-state index in [1.165, 1.54) is 0 Å². The summed E-state index contributed by atoms with van der Waals surface area (Å²) in [6, 6.07) is 6.64. The molecule has 0 aliphatic heterocycles. The van der Waals surface area contributed by atoms with Crippen LogP contribution in [0.5, 0.6) is 0 Å². The summed E-state index contributed by atoms with van der Waals surface area (Å²) < 4.78 is 0. The summed E-state index contributed by atoms with van der Waals surface area (Å²) in [4.78, 5) is 34.1. The van der Waals surface area contributed by atoms with Gasteiger partial charge in [0, 0.05) is 6.42 Å². The Hall–Kier alpha value is -2.45. The van der Waals surface area contributed by atoms with Crippen LogP contribution in [0.3, 0.4) is 0 Å². The first-order valence-electron chi connectivity index (χ1n) is 6.64. The van der Waals surface area contributed by atoms with Crippen LogP contribution in [0, 0.1) is 0 Å². The van der Waals surface area contributed by atoms with E-state index in [2.05, 4.69) is 10.6 Å². The van der Waals surface area contributed by atoms with E-state index in [0.717, 1.165) is 5.56 Å². The lowest BCUT2D eigenvalue weighted by Gasteiger charge is -2.15. The molecule has 120 valence electrons. The van der Waals surface area contributed by atoms with Crippen LogP contribution >= 0.6 is 0 Å². The van der Waals surface area contributed by atoms with Crippen LogP contribution < -0.4 is 16.4 Å². The van der Waals surface area contributed by atoms with E-state index in [4.69, 9.17) is 15.9 Å². The fourth-order valence-corrected chi connectivity index (χ4v) is 1.68. The van der Waals surface area contributed by atoms with Crippen LogP contribution in [0.1, 0.15) is 5.56 Å². The molecular weight excluding hydrogens is 290 g/mol. The predicted molar refractivity (Wildman–Crippen MR) is 77.8 cm³/mol. The van der Waals surface area contributed by atoms with Crippen molar-refractivity contribution in [2.24, 2.45) is 5.73 Å². The minimum absolute atomic E-state index is 0.131. The summed E-state index contributed by atoms with van der Waals surface area (Å²) in [5.41, 5.74) is 6.03. The van der Waals surface area contributed by atoms with Gasteiger partial charge in [0.1, 0.15) is 12.1 Å². The van der Waals surface area contributed by atoms with Crippen LogP contribution in [0.4, 0.5) is 0 Å². The van der Waals surface area contributed by atoms with Gasteiger partial charge in [-0.05, 0) is 5.56 Å². The van der Waals surface area contributed by atoms with Gasteiger partial charge in [0.25, 0.3) is 0 Å². The van der Waals surface area contributed by atoms with Crippen molar-refractivity contribution >= 4 is 17.8 Å². The maximum absolute atomic E-state index is 11.7. The third-order valence-electron chi connectivity index (χ3n) is 2.87. The maximum atomic E-state index is 11.7. The number of amides is 2. The van der Waals surface area contributed by atoms with E-state index in [0.29, 0.717) is 0 Å². The molecule has 0 bridgehead atoms. The van der Waals surface area contributed by atoms with E-state index in [1.807, 2.05) is 0 Å². The zero-order valence-electron chi connectivity index (χ0n) is 11.9. The molecular formula is C14H19N3O5. The molecule has 1 rings (SSSR count). The standard InChI is InChI=1S/C14H19N3O5/c15-10(8-18)13(20)16-7-12(19)17-11(14(21)22)6-9-4-2-1-3-5-9/h1-5,10-11,18H,6-8,15H2,(H,16,20)(H,17,19)(H,21,22). The Labute approximate surface area is 127 Å². The van der Waals surface area contributed by atoms with Crippen molar-refractivity contribution in [2.75, 3.05) is 13.2 Å². The summed E-state index contributed by atoms with van der Waals surface area (Å²) in [5.74, 6) is -2.51. The van der Waals surface area contributed by atoms with Gasteiger partial charge in [0.05, 0.1) is 13.2 Å². The van der Waals surface area contributed by atoms with Gasteiger partial charge in [0.15, 0.2) is 0 Å². The first-order valence-corrected chi connectivity index (χ1v) is 6.64. The smallest absolute Gasteiger partial charge is 0.326 e. The minimum Gasteiger partial charge on any atom is -0.480 e. The van der Waals surface area contributed by atoms with Crippen molar-refractivity contribution in [1.29, 1.82) is 0 Å². The fraction of sp³-hybridized carbons (Fsp3) is 0.357. The quantitative estimate of drug-likeness (QED) is 0.385. The summed E-state index contributed by atoms with van der Waals surface area (Å²) in [6.45, 7) is -0.954. The van der Waals surface area contributed by atoms with Gasteiger partial charge < -0.3 is 26.6 Å². The lowest BCUT2D eigenvalue weighted by molar-refractivity contribution is -0.141. The second-order valence-electron chi connectivity index (χ2n) is 4.65. The van der Waals surface area contributed by atoms with Gasteiger partial charge in [-0.15, -0.1) is 0 Å². The van der Waals surface area contributed by atoms with Gasteiger partial charge in [-0.3, -0.25) is 9.59 Å². The molecule has 0 heterocycles. The van der Waals surface area contributed by atoms with Gasteiger partial charge >= 0.3 is 5.97 Å². The normalized spacial score (nSPS) is 13.0. The Bertz CT molecular complexity index is 520. The average Bonchev–Trinajstić information content (AvgIpc) is 2.52. The van der Waals surface area contributed by atoms with Crippen LogP contribution in [0.25, 0.3) is 0 Å². The number of carbonyl (C=O) groups is 3. The summed E-state index contributed by atoms with van der Waals surface area (Å²) in [7, 11) is 0. The molecule has 0 aliphatic rings. The Balaban J connectivity index is 2.51. The topological polar surface area (TPSA) is 142 Å². The molecule has 8 heteroatoms. The molecule has 0 aromatic heterocycles.